The zero-order valence-corrected chi connectivity index (χ0v) is 18.6. The number of carbonyl (C=O) groups excluding carboxylic acids is 1. The molecule has 1 atom stereocenters. The van der Waals surface area contributed by atoms with Gasteiger partial charge >= 0.3 is 6.18 Å². The van der Waals surface area contributed by atoms with Crippen molar-refractivity contribution in [2.75, 3.05) is 13.1 Å². The zero-order chi connectivity index (χ0) is 26.6. The van der Waals surface area contributed by atoms with Gasteiger partial charge in [0.05, 0.1) is 24.5 Å². The summed E-state index contributed by atoms with van der Waals surface area (Å²) in [6.45, 7) is -0.581. The van der Waals surface area contributed by atoms with E-state index in [2.05, 4.69) is 15.6 Å². The molecular formula is C23H16F7N5O2. The molecule has 2 aliphatic heterocycles. The summed E-state index contributed by atoms with van der Waals surface area (Å²) >= 11 is 0. The van der Waals surface area contributed by atoms with Crippen molar-refractivity contribution in [1.29, 1.82) is 0 Å². The second-order valence-corrected chi connectivity index (χ2v) is 8.60. The molecule has 2 aliphatic rings. The number of hydroxylamine groups is 1. The van der Waals surface area contributed by atoms with Gasteiger partial charge in [-0.15, -0.1) is 0 Å². The Balaban J connectivity index is 1.35. The maximum absolute atomic E-state index is 15.3. The van der Waals surface area contributed by atoms with Gasteiger partial charge in [-0.3, -0.25) is 24.8 Å². The number of amides is 1. The lowest BCUT2D eigenvalue weighted by molar-refractivity contribution is -0.269. The summed E-state index contributed by atoms with van der Waals surface area (Å²) < 4.78 is 99.3. The number of benzene rings is 1. The van der Waals surface area contributed by atoms with Crippen LogP contribution in [0.4, 0.5) is 30.7 Å². The molecule has 1 aromatic carbocycles. The molecule has 0 saturated carbocycles. The molecule has 14 heteroatoms. The zero-order valence-electron chi connectivity index (χ0n) is 18.6. The predicted octanol–water partition coefficient (Wildman–Crippen LogP) is 3.74. The first-order valence-corrected chi connectivity index (χ1v) is 10.7. The number of rotatable bonds is 5. The van der Waals surface area contributed by atoms with E-state index in [0.717, 1.165) is 6.20 Å². The lowest BCUT2D eigenvalue weighted by Gasteiger charge is -2.43. The van der Waals surface area contributed by atoms with Crippen molar-refractivity contribution in [1.82, 2.24) is 25.1 Å². The fourth-order valence-corrected chi connectivity index (χ4v) is 4.10. The normalized spacial score (nSPS) is 20.8. The molecule has 3 aromatic rings. The van der Waals surface area contributed by atoms with Gasteiger partial charge in [-0.05, 0) is 36.4 Å². The minimum Gasteiger partial charge on any atom is -0.334 e. The van der Waals surface area contributed by atoms with E-state index in [-0.39, 0.29) is 54.6 Å². The number of pyridine rings is 1. The molecule has 2 aromatic heterocycles. The Morgan fingerprint density at radius 3 is 2.41 bits per heavy atom. The van der Waals surface area contributed by atoms with Crippen LogP contribution in [0.1, 0.15) is 16.8 Å². The molecule has 0 spiro atoms. The standard InChI is InChI=1S/C23H16F7N5O2/c24-15-6-14(7-16(25)20(15)26)22(23(28,29)30)8-17(33-37-22)13-2-3-18(31-9-13)21(27)11-34(12-21)19(36)10-35-5-1-4-32-35/h1-9,33H,10-12H2. The van der Waals surface area contributed by atoms with Crippen LogP contribution in [-0.4, -0.2) is 44.8 Å². The summed E-state index contributed by atoms with van der Waals surface area (Å²) in [7, 11) is 0. The summed E-state index contributed by atoms with van der Waals surface area (Å²) in [6.07, 6.45) is -0.492. The highest BCUT2D eigenvalue weighted by atomic mass is 19.4. The number of likely N-dealkylation sites (tertiary alicyclic amines) is 1. The Morgan fingerprint density at radius 1 is 1.14 bits per heavy atom. The van der Waals surface area contributed by atoms with E-state index in [1.807, 2.05) is 0 Å². The van der Waals surface area contributed by atoms with Crippen molar-refractivity contribution in [3.8, 4) is 0 Å². The van der Waals surface area contributed by atoms with Gasteiger partial charge in [0.25, 0.3) is 0 Å². The molecule has 7 nitrogen and oxygen atoms in total. The highest BCUT2D eigenvalue weighted by molar-refractivity contribution is 5.77. The number of nitrogens with zero attached hydrogens (tertiary/aromatic N) is 4. The van der Waals surface area contributed by atoms with E-state index in [1.165, 1.54) is 27.9 Å². The van der Waals surface area contributed by atoms with Gasteiger partial charge in [-0.1, -0.05) is 0 Å². The first-order chi connectivity index (χ1) is 17.4. The lowest BCUT2D eigenvalue weighted by Crippen LogP contribution is -2.59. The van der Waals surface area contributed by atoms with Crippen LogP contribution in [0, 0.1) is 17.5 Å². The largest absolute Gasteiger partial charge is 0.428 e. The van der Waals surface area contributed by atoms with E-state index >= 15 is 4.39 Å². The number of hydrogen-bond acceptors (Lipinski definition) is 5. The summed E-state index contributed by atoms with van der Waals surface area (Å²) in [6, 6.07) is 4.55. The van der Waals surface area contributed by atoms with E-state index in [0.29, 0.717) is 6.08 Å². The van der Waals surface area contributed by atoms with E-state index in [9.17, 15) is 31.1 Å². The smallest absolute Gasteiger partial charge is 0.334 e. The fourth-order valence-electron chi connectivity index (χ4n) is 4.10. The van der Waals surface area contributed by atoms with Gasteiger partial charge < -0.3 is 4.90 Å². The van der Waals surface area contributed by atoms with Crippen molar-refractivity contribution in [2.45, 2.75) is 24.0 Å². The quantitative estimate of drug-likeness (QED) is 0.405. The third kappa shape index (κ3) is 4.20. The molecule has 1 fully saturated rings. The van der Waals surface area contributed by atoms with Crippen LogP contribution in [0.25, 0.3) is 5.70 Å². The average Bonchev–Trinajstić information content (AvgIpc) is 3.51. The molecule has 1 N–H and O–H groups in total. The van der Waals surface area contributed by atoms with Crippen molar-refractivity contribution in [3.63, 3.8) is 0 Å². The van der Waals surface area contributed by atoms with Crippen molar-refractivity contribution in [2.24, 2.45) is 0 Å². The van der Waals surface area contributed by atoms with Gasteiger partial charge in [0.2, 0.25) is 11.5 Å². The third-order valence-corrected chi connectivity index (χ3v) is 6.13. The number of hydrogen-bond donors (Lipinski definition) is 1. The van der Waals surface area contributed by atoms with Gasteiger partial charge in [0, 0.05) is 29.7 Å². The number of halogens is 7. The van der Waals surface area contributed by atoms with Crippen molar-refractivity contribution >= 4 is 11.6 Å². The molecule has 1 saturated heterocycles. The highest BCUT2D eigenvalue weighted by Gasteiger charge is 2.60. The van der Waals surface area contributed by atoms with Gasteiger partial charge in [0.1, 0.15) is 6.54 Å². The Bertz CT molecular complexity index is 1350. The summed E-state index contributed by atoms with van der Waals surface area (Å²) in [4.78, 5) is 22.3. The third-order valence-electron chi connectivity index (χ3n) is 6.13. The SMILES string of the molecule is O=C(Cn1cccn1)N1CC(F)(c2ccc(C3=CC(c4cc(F)c(F)c(F)c4)(C(F)(F)F)ON3)cn2)C1. The average molecular weight is 527 g/mol. The number of alkyl halides is 4. The van der Waals surface area contributed by atoms with Gasteiger partial charge in [-0.25, -0.2) is 17.6 Å². The summed E-state index contributed by atoms with van der Waals surface area (Å²) in [5.74, 6) is -5.90. The molecule has 0 aliphatic carbocycles. The molecule has 1 unspecified atom stereocenters. The topological polar surface area (TPSA) is 72.3 Å². The Kier molecular flexibility index (Phi) is 5.73. The van der Waals surface area contributed by atoms with E-state index < -0.39 is 40.5 Å². The van der Waals surface area contributed by atoms with Crippen LogP contribution >= 0.6 is 0 Å². The minimum atomic E-state index is -5.20. The van der Waals surface area contributed by atoms with E-state index in [4.69, 9.17) is 4.84 Å². The first kappa shape index (κ1) is 24.7. The lowest BCUT2D eigenvalue weighted by atomic mass is 9.90. The number of nitrogens with one attached hydrogen (secondary N) is 1. The van der Waals surface area contributed by atoms with Crippen LogP contribution in [0.15, 0.2) is 55.0 Å². The number of aromatic nitrogens is 3. The molecule has 4 heterocycles. The molecular weight excluding hydrogens is 511 g/mol. The van der Waals surface area contributed by atoms with Gasteiger partial charge in [0.15, 0.2) is 23.1 Å². The second-order valence-electron chi connectivity index (χ2n) is 8.60. The Hall–Kier alpha value is -3.94. The van der Waals surface area contributed by atoms with Crippen LogP contribution in [0.3, 0.4) is 0 Å². The molecule has 1 amide bonds. The minimum absolute atomic E-state index is 0.0383. The van der Waals surface area contributed by atoms with Crippen molar-refractivity contribution in [3.05, 3.63) is 89.3 Å². The summed E-state index contributed by atoms with van der Waals surface area (Å²) in [5.41, 5.74) is -4.51. The monoisotopic (exact) mass is 527 g/mol. The molecule has 0 radical (unpaired) electrons. The molecule has 37 heavy (non-hydrogen) atoms. The molecule has 194 valence electrons. The van der Waals surface area contributed by atoms with Crippen LogP contribution < -0.4 is 5.48 Å². The first-order valence-electron chi connectivity index (χ1n) is 10.7. The van der Waals surface area contributed by atoms with Gasteiger partial charge in [-0.2, -0.15) is 18.3 Å². The summed E-state index contributed by atoms with van der Waals surface area (Å²) in [5, 5.41) is 3.91. The Morgan fingerprint density at radius 2 is 1.84 bits per heavy atom. The number of carbonyl (C=O) groups is 1. The molecule has 0 bridgehead atoms. The van der Waals surface area contributed by atoms with Crippen LogP contribution in [0.5, 0.6) is 0 Å². The predicted molar refractivity (Wildman–Crippen MR) is 112 cm³/mol. The fraction of sp³-hybridized carbons (Fsp3) is 0.261. The van der Waals surface area contributed by atoms with E-state index in [1.54, 1.807) is 12.3 Å². The van der Waals surface area contributed by atoms with Crippen molar-refractivity contribution < 1.29 is 40.4 Å². The van der Waals surface area contributed by atoms with Crippen LogP contribution in [-0.2, 0) is 27.4 Å². The molecule has 5 rings (SSSR count). The Labute approximate surface area is 204 Å². The second kappa shape index (κ2) is 8.57. The highest BCUT2D eigenvalue weighted by Crippen LogP contribution is 2.47. The van der Waals surface area contributed by atoms with Crippen LogP contribution in [0.2, 0.25) is 0 Å². The maximum Gasteiger partial charge on any atom is 0.428 e. The maximum atomic E-state index is 15.3.